The second kappa shape index (κ2) is 4.98. The Morgan fingerprint density at radius 3 is 3.00 bits per heavy atom. The Morgan fingerprint density at radius 1 is 1.37 bits per heavy atom. The van der Waals surface area contributed by atoms with Crippen molar-refractivity contribution in [3.63, 3.8) is 0 Å². The third-order valence-corrected chi connectivity index (χ3v) is 4.05. The van der Waals surface area contributed by atoms with E-state index in [1.807, 2.05) is 0 Å². The first-order valence-electron chi connectivity index (χ1n) is 6.22. The van der Waals surface area contributed by atoms with Crippen molar-refractivity contribution in [2.45, 2.75) is 25.3 Å². The number of rotatable bonds is 1. The lowest BCUT2D eigenvalue weighted by molar-refractivity contribution is 0.557. The maximum Gasteiger partial charge on any atom is 0.159 e. The number of nitrogens with two attached hydrogens (primary N) is 1. The number of halogens is 2. The van der Waals surface area contributed by atoms with Crippen LogP contribution in [0.3, 0.4) is 0 Å². The molecule has 1 atom stereocenters. The molecule has 1 aromatic carbocycles. The molecule has 0 fully saturated rings. The van der Waals surface area contributed by atoms with Crippen molar-refractivity contribution in [1.29, 1.82) is 0 Å². The minimum absolute atomic E-state index is 0.0273. The van der Waals surface area contributed by atoms with E-state index < -0.39 is 0 Å². The van der Waals surface area contributed by atoms with Gasteiger partial charge < -0.3 is 5.73 Å². The highest BCUT2D eigenvalue weighted by Crippen LogP contribution is 2.28. The van der Waals surface area contributed by atoms with Gasteiger partial charge in [0.25, 0.3) is 0 Å². The van der Waals surface area contributed by atoms with Gasteiger partial charge in [0.1, 0.15) is 5.82 Å². The topological polar surface area (TPSA) is 51.8 Å². The van der Waals surface area contributed by atoms with E-state index in [0.29, 0.717) is 15.9 Å². The molecular formula is C14H13BrFN3. The number of benzene rings is 1. The Labute approximate surface area is 119 Å². The van der Waals surface area contributed by atoms with Crippen LogP contribution >= 0.6 is 15.9 Å². The smallest absolute Gasteiger partial charge is 0.159 e. The normalized spacial score (nSPS) is 18.2. The summed E-state index contributed by atoms with van der Waals surface area (Å²) in [5, 5.41) is 0. The van der Waals surface area contributed by atoms with Crippen LogP contribution in [0.5, 0.6) is 0 Å². The van der Waals surface area contributed by atoms with Crippen LogP contribution in [0.15, 0.2) is 28.9 Å². The Morgan fingerprint density at radius 2 is 2.21 bits per heavy atom. The molecule has 1 aromatic heterocycles. The van der Waals surface area contributed by atoms with Crippen molar-refractivity contribution in [2.75, 3.05) is 0 Å². The van der Waals surface area contributed by atoms with E-state index in [4.69, 9.17) is 5.73 Å². The van der Waals surface area contributed by atoms with Crippen LogP contribution in [0.4, 0.5) is 4.39 Å². The highest BCUT2D eigenvalue weighted by atomic mass is 79.9. The van der Waals surface area contributed by atoms with E-state index in [2.05, 4.69) is 25.9 Å². The van der Waals surface area contributed by atoms with Gasteiger partial charge in [0.2, 0.25) is 0 Å². The first-order valence-corrected chi connectivity index (χ1v) is 7.01. The standard InChI is InChI=1S/C14H13BrFN3/c15-10-5-4-8(6-11(10)16)14-18-7-9-12(17)2-1-3-13(9)19-14/h4-7,12H,1-3,17H2. The van der Waals surface area contributed by atoms with Gasteiger partial charge in [-0.2, -0.15) is 0 Å². The molecule has 0 aliphatic heterocycles. The summed E-state index contributed by atoms with van der Waals surface area (Å²) < 4.78 is 14.0. The number of aromatic nitrogens is 2. The summed E-state index contributed by atoms with van der Waals surface area (Å²) in [4.78, 5) is 8.84. The maximum atomic E-state index is 13.5. The van der Waals surface area contributed by atoms with Gasteiger partial charge in [-0.05, 0) is 53.4 Å². The molecular weight excluding hydrogens is 309 g/mol. The number of fused-ring (bicyclic) bond motifs is 1. The van der Waals surface area contributed by atoms with Gasteiger partial charge in [-0.25, -0.2) is 14.4 Å². The summed E-state index contributed by atoms with van der Waals surface area (Å²) in [5.41, 5.74) is 8.73. The van der Waals surface area contributed by atoms with Crippen LogP contribution in [-0.2, 0) is 6.42 Å². The van der Waals surface area contributed by atoms with Crippen molar-refractivity contribution in [2.24, 2.45) is 5.73 Å². The van der Waals surface area contributed by atoms with Crippen molar-refractivity contribution in [1.82, 2.24) is 9.97 Å². The average molecular weight is 322 g/mol. The average Bonchev–Trinajstić information content (AvgIpc) is 2.42. The first kappa shape index (κ1) is 12.7. The molecule has 5 heteroatoms. The van der Waals surface area contributed by atoms with E-state index in [0.717, 1.165) is 30.5 Å². The SMILES string of the molecule is NC1CCCc2nc(-c3ccc(Br)c(F)c3)ncc21. The zero-order chi connectivity index (χ0) is 13.4. The third kappa shape index (κ3) is 2.40. The van der Waals surface area contributed by atoms with Gasteiger partial charge in [-0.1, -0.05) is 0 Å². The Kier molecular flexibility index (Phi) is 3.33. The van der Waals surface area contributed by atoms with Crippen LogP contribution in [0.2, 0.25) is 0 Å². The molecule has 0 saturated heterocycles. The summed E-state index contributed by atoms with van der Waals surface area (Å²) in [7, 11) is 0. The molecule has 19 heavy (non-hydrogen) atoms. The molecule has 1 aliphatic rings. The summed E-state index contributed by atoms with van der Waals surface area (Å²) in [5.74, 6) is 0.245. The first-order chi connectivity index (χ1) is 9.15. The molecule has 3 rings (SSSR count). The summed E-state index contributed by atoms with van der Waals surface area (Å²) >= 11 is 3.14. The quantitative estimate of drug-likeness (QED) is 0.876. The molecule has 2 aromatic rings. The van der Waals surface area contributed by atoms with E-state index in [1.54, 1.807) is 18.3 Å². The second-order valence-corrected chi connectivity index (χ2v) is 5.58. The van der Waals surface area contributed by atoms with Gasteiger partial charge in [-0.3, -0.25) is 0 Å². The number of aryl methyl sites for hydroxylation is 1. The van der Waals surface area contributed by atoms with Gasteiger partial charge in [0, 0.05) is 29.1 Å². The summed E-state index contributed by atoms with van der Waals surface area (Å²) in [6.07, 6.45) is 4.71. The molecule has 98 valence electrons. The van der Waals surface area contributed by atoms with E-state index in [9.17, 15) is 4.39 Å². The van der Waals surface area contributed by atoms with Gasteiger partial charge in [0.15, 0.2) is 5.82 Å². The lowest BCUT2D eigenvalue weighted by atomic mass is 9.93. The van der Waals surface area contributed by atoms with Crippen molar-refractivity contribution in [3.8, 4) is 11.4 Å². The third-order valence-electron chi connectivity index (χ3n) is 3.41. The number of hydrogen-bond acceptors (Lipinski definition) is 3. The summed E-state index contributed by atoms with van der Waals surface area (Å²) in [6.45, 7) is 0. The zero-order valence-corrected chi connectivity index (χ0v) is 11.8. The monoisotopic (exact) mass is 321 g/mol. The molecule has 1 aliphatic carbocycles. The van der Waals surface area contributed by atoms with Gasteiger partial charge in [0.05, 0.1) is 4.47 Å². The van der Waals surface area contributed by atoms with Crippen LogP contribution in [-0.4, -0.2) is 9.97 Å². The molecule has 3 nitrogen and oxygen atoms in total. The van der Waals surface area contributed by atoms with E-state index in [1.165, 1.54) is 6.07 Å². The predicted molar refractivity (Wildman–Crippen MR) is 75.0 cm³/mol. The Balaban J connectivity index is 2.04. The second-order valence-electron chi connectivity index (χ2n) is 4.72. The predicted octanol–water partition coefficient (Wildman–Crippen LogP) is 3.38. The number of nitrogens with zero attached hydrogens (tertiary/aromatic N) is 2. The highest BCUT2D eigenvalue weighted by molar-refractivity contribution is 9.10. The number of hydrogen-bond donors (Lipinski definition) is 1. The summed E-state index contributed by atoms with van der Waals surface area (Å²) in [6, 6.07) is 4.94. The van der Waals surface area contributed by atoms with Gasteiger partial charge in [-0.15, -0.1) is 0 Å². The van der Waals surface area contributed by atoms with Crippen molar-refractivity contribution >= 4 is 15.9 Å². The van der Waals surface area contributed by atoms with Crippen LogP contribution in [0.1, 0.15) is 30.1 Å². The zero-order valence-electron chi connectivity index (χ0n) is 10.2. The van der Waals surface area contributed by atoms with E-state index >= 15 is 0 Å². The fourth-order valence-electron chi connectivity index (χ4n) is 2.36. The molecule has 0 saturated carbocycles. The molecule has 2 N–H and O–H groups in total. The lowest BCUT2D eigenvalue weighted by Crippen LogP contribution is -2.19. The minimum atomic E-state index is -0.310. The molecule has 1 unspecified atom stereocenters. The molecule has 1 heterocycles. The molecule has 0 radical (unpaired) electrons. The van der Waals surface area contributed by atoms with Crippen molar-refractivity contribution < 1.29 is 4.39 Å². The largest absolute Gasteiger partial charge is 0.324 e. The molecule has 0 bridgehead atoms. The maximum absolute atomic E-state index is 13.5. The van der Waals surface area contributed by atoms with Crippen LogP contribution < -0.4 is 5.73 Å². The molecule has 0 spiro atoms. The van der Waals surface area contributed by atoms with Gasteiger partial charge >= 0.3 is 0 Å². The van der Waals surface area contributed by atoms with Crippen molar-refractivity contribution in [3.05, 3.63) is 45.9 Å². The fraction of sp³-hybridized carbons (Fsp3) is 0.286. The van der Waals surface area contributed by atoms with E-state index in [-0.39, 0.29) is 11.9 Å². The van der Waals surface area contributed by atoms with Crippen LogP contribution in [0, 0.1) is 5.82 Å². The fourth-order valence-corrected chi connectivity index (χ4v) is 2.60. The Hall–Kier alpha value is -1.33. The Bertz CT molecular complexity index is 630. The lowest BCUT2D eigenvalue weighted by Gasteiger charge is -2.21. The highest BCUT2D eigenvalue weighted by Gasteiger charge is 2.19. The molecule has 0 amide bonds. The minimum Gasteiger partial charge on any atom is -0.324 e. The van der Waals surface area contributed by atoms with Crippen LogP contribution in [0.25, 0.3) is 11.4 Å².